The number of carbonyl (C=O) groups is 1. The van der Waals surface area contributed by atoms with Gasteiger partial charge >= 0.3 is 0 Å². The summed E-state index contributed by atoms with van der Waals surface area (Å²) in [5, 5.41) is 6.49. The van der Waals surface area contributed by atoms with E-state index in [1.165, 1.54) is 12.8 Å². The van der Waals surface area contributed by atoms with Crippen LogP contribution in [0, 0.1) is 11.3 Å². The van der Waals surface area contributed by atoms with Gasteiger partial charge in [0, 0.05) is 6.04 Å². The number of rotatable bonds is 3. The summed E-state index contributed by atoms with van der Waals surface area (Å²) in [4.78, 5) is 12.0. The Balaban J connectivity index is 1.80. The second kappa shape index (κ2) is 4.36. The van der Waals surface area contributed by atoms with E-state index in [9.17, 15) is 4.79 Å². The lowest BCUT2D eigenvalue weighted by Crippen LogP contribution is -2.49. The first-order valence-corrected chi connectivity index (χ1v) is 6.56. The first-order valence-electron chi connectivity index (χ1n) is 6.56. The summed E-state index contributed by atoms with van der Waals surface area (Å²) in [5.74, 6) is 0.943. The van der Waals surface area contributed by atoms with E-state index >= 15 is 0 Å². The van der Waals surface area contributed by atoms with E-state index in [0.717, 1.165) is 25.3 Å². The lowest BCUT2D eigenvalue weighted by molar-refractivity contribution is -0.124. The summed E-state index contributed by atoms with van der Waals surface area (Å²) in [7, 11) is 0. The van der Waals surface area contributed by atoms with Crippen LogP contribution >= 0.6 is 0 Å². The van der Waals surface area contributed by atoms with Gasteiger partial charge in [-0.1, -0.05) is 27.2 Å². The molecule has 1 amide bonds. The lowest BCUT2D eigenvalue weighted by Gasteiger charge is -2.29. The Morgan fingerprint density at radius 2 is 2.19 bits per heavy atom. The molecule has 2 aliphatic rings. The van der Waals surface area contributed by atoms with E-state index in [1.54, 1.807) is 0 Å². The van der Waals surface area contributed by atoms with Crippen molar-refractivity contribution in [1.29, 1.82) is 0 Å². The van der Waals surface area contributed by atoms with Crippen LogP contribution in [0.3, 0.4) is 0 Å². The van der Waals surface area contributed by atoms with Gasteiger partial charge in [0.15, 0.2) is 0 Å². The third-order valence-corrected chi connectivity index (χ3v) is 4.24. The van der Waals surface area contributed by atoms with Crippen LogP contribution in [0.2, 0.25) is 0 Å². The molecule has 0 aromatic carbocycles. The fourth-order valence-corrected chi connectivity index (χ4v) is 2.55. The zero-order chi connectivity index (χ0) is 11.8. The van der Waals surface area contributed by atoms with Crippen molar-refractivity contribution in [3.63, 3.8) is 0 Å². The van der Waals surface area contributed by atoms with Crippen molar-refractivity contribution in [3.05, 3.63) is 0 Å². The largest absolute Gasteiger partial charge is 0.351 e. The maximum atomic E-state index is 12.0. The Labute approximate surface area is 98.4 Å². The molecule has 2 fully saturated rings. The zero-order valence-electron chi connectivity index (χ0n) is 10.7. The minimum atomic E-state index is 0.0510. The monoisotopic (exact) mass is 224 g/mol. The SMILES string of the molecule is CCC1CCNC(C(=O)NC2CC2(C)C)C1. The molecule has 0 aromatic rings. The molecular weight excluding hydrogens is 200 g/mol. The van der Waals surface area contributed by atoms with Gasteiger partial charge in [0.25, 0.3) is 0 Å². The van der Waals surface area contributed by atoms with E-state index in [2.05, 4.69) is 31.4 Å². The Morgan fingerprint density at radius 1 is 1.50 bits per heavy atom. The van der Waals surface area contributed by atoms with Crippen LogP contribution < -0.4 is 10.6 Å². The molecule has 1 aliphatic carbocycles. The molecule has 0 aromatic heterocycles. The molecule has 1 heterocycles. The average molecular weight is 224 g/mol. The highest BCUT2D eigenvalue weighted by Crippen LogP contribution is 2.44. The molecule has 2 N–H and O–H groups in total. The first-order chi connectivity index (χ1) is 7.53. The molecule has 3 unspecified atom stereocenters. The van der Waals surface area contributed by atoms with Crippen molar-refractivity contribution < 1.29 is 4.79 Å². The van der Waals surface area contributed by atoms with Crippen molar-refractivity contribution in [2.45, 2.75) is 58.5 Å². The first kappa shape index (κ1) is 11.9. The molecule has 1 saturated carbocycles. The molecule has 92 valence electrons. The molecule has 0 bridgehead atoms. The molecule has 3 heteroatoms. The Bertz CT molecular complexity index is 275. The fourth-order valence-electron chi connectivity index (χ4n) is 2.55. The van der Waals surface area contributed by atoms with E-state index in [1.807, 2.05) is 0 Å². The van der Waals surface area contributed by atoms with Crippen LogP contribution in [-0.2, 0) is 4.79 Å². The van der Waals surface area contributed by atoms with E-state index < -0.39 is 0 Å². The fraction of sp³-hybridized carbons (Fsp3) is 0.923. The molecule has 1 saturated heterocycles. The normalized spacial score (nSPS) is 36.8. The van der Waals surface area contributed by atoms with E-state index in [4.69, 9.17) is 0 Å². The predicted molar refractivity (Wildman–Crippen MR) is 65.1 cm³/mol. The minimum absolute atomic E-state index is 0.0510. The standard InChI is InChI=1S/C13H24N2O/c1-4-9-5-6-14-10(7-9)12(16)15-11-8-13(11,2)3/h9-11,14H,4-8H2,1-3H3,(H,15,16). The second-order valence-corrected chi connectivity index (χ2v) is 6.06. The summed E-state index contributed by atoms with van der Waals surface area (Å²) in [5.41, 5.74) is 0.328. The Kier molecular flexibility index (Phi) is 3.24. The smallest absolute Gasteiger partial charge is 0.237 e. The van der Waals surface area contributed by atoms with Gasteiger partial charge in [0.2, 0.25) is 5.91 Å². The molecule has 1 aliphatic heterocycles. The third kappa shape index (κ3) is 2.57. The van der Waals surface area contributed by atoms with Crippen LogP contribution in [0.15, 0.2) is 0 Å². The van der Waals surface area contributed by atoms with Gasteiger partial charge < -0.3 is 10.6 Å². The zero-order valence-corrected chi connectivity index (χ0v) is 10.7. The number of hydrogen-bond acceptors (Lipinski definition) is 2. The van der Waals surface area contributed by atoms with Crippen LogP contribution in [0.1, 0.15) is 46.5 Å². The molecule has 16 heavy (non-hydrogen) atoms. The highest BCUT2D eigenvalue weighted by molar-refractivity contribution is 5.82. The van der Waals surface area contributed by atoms with Gasteiger partial charge in [-0.3, -0.25) is 4.79 Å². The average Bonchev–Trinajstić information content (AvgIpc) is 2.86. The molecule has 3 atom stereocenters. The quantitative estimate of drug-likeness (QED) is 0.766. The van der Waals surface area contributed by atoms with Gasteiger partial charge in [-0.25, -0.2) is 0 Å². The minimum Gasteiger partial charge on any atom is -0.351 e. The van der Waals surface area contributed by atoms with E-state index in [-0.39, 0.29) is 11.9 Å². The number of piperidine rings is 1. The number of hydrogen-bond donors (Lipinski definition) is 2. The van der Waals surface area contributed by atoms with Crippen LogP contribution in [0.5, 0.6) is 0 Å². The van der Waals surface area contributed by atoms with Crippen LogP contribution in [0.4, 0.5) is 0 Å². The summed E-state index contributed by atoms with van der Waals surface area (Å²) in [6.45, 7) is 7.63. The highest BCUT2D eigenvalue weighted by atomic mass is 16.2. The van der Waals surface area contributed by atoms with Crippen LogP contribution in [0.25, 0.3) is 0 Å². The molecular formula is C13H24N2O. The predicted octanol–water partition coefficient (Wildman–Crippen LogP) is 1.68. The van der Waals surface area contributed by atoms with Crippen molar-refractivity contribution in [2.24, 2.45) is 11.3 Å². The highest BCUT2D eigenvalue weighted by Gasteiger charge is 2.47. The van der Waals surface area contributed by atoms with Crippen LogP contribution in [-0.4, -0.2) is 24.5 Å². The van der Waals surface area contributed by atoms with Crippen molar-refractivity contribution >= 4 is 5.91 Å². The summed E-state index contributed by atoms with van der Waals surface area (Å²) in [6, 6.07) is 0.457. The topological polar surface area (TPSA) is 41.1 Å². The van der Waals surface area contributed by atoms with Crippen molar-refractivity contribution in [3.8, 4) is 0 Å². The summed E-state index contributed by atoms with van der Waals surface area (Å²) < 4.78 is 0. The van der Waals surface area contributed by atoms with Gasteiger partial charge in [0.1, 0.15) is 0 Å². The molecule has 2 rings (SSSR count). The second-order valence-electron chi connectivity index (χ2n) is 6.06. The number of nitrogens with one attached hydrogen (secondary N) is 2. The lowest BCUT2D eigenvalue weighted by atomic mass is 9.90. The summed E-state index contributed by atoms with van der Waals surface area (Å²) >= 11 is 0. The number of amides is 1. The maximum Gasteiger partial charge on any atom is 0.237 e. The Hall–Kier alpha value is -0.570. The van der Waals surface area contributed by atoms with Gasteiger partial charge in [-0.15, -0.1) is 0 Å². The molecule has 3 nitrogen and oxygen atoms in total. The van der Waals surface area contributed by atoms with Gasteiger partial charge in [0.05, 0.1) is 6.04 Å². The summed E-state index contributed by atoms with van der Waals surface area (Å²) in [6.07, 6.45) is 4.55. The van der Waals surface area contributed by atoms with E-state index in [0.29, 0.717) is 11.5 Å². The van der Waals surface area contributed by atoms with Crippen molar-refractivity contribution in [2.75, 3.05) is 6.54 Å². The Morgan fingerprint density at radius 3 is 2.75 bits per heavy atom. The van der Waals surface area contributed by atoms with Crippen molar-refractivity contribution in [1.82, 2.24) is 10.6 Å². The van der Waals surface area contributed by atoms with Gasteiger partial charge in [-0.05, 0) is 37.1 Å². The maximum absolute atomic E-state index is 12.0. The third-order valence-electron chi connectivity index (χ3n) is 4.24. The molecule has 0 spiro atoms. The van der Waals surface area contributed by atoms with Gasteiger partial charge in [-0.2, -0.15) is 0 Å². The molecule has 0 radical (unpaired) electrons. The number of carbonyl (C=O) groups excluding carboxylic acids is 1.